The van der Waals surface area contributed by atoms with Crippen LogP contribution in [0.25, 0.3) is 0 Å². The number of anilines is 2. The van der Waals surface area contributed by atoms with Crippen molar-refractivity contribution in [3.8, 4) is 0 Å². The minimum absolute atomic E-state index is 0.202. The van der Waals surface area contributed by atoms with Gasteiger partial charge in [0.25, 0.3) is 0 Å². The van der Waals surface area contributed by atoms with Crippen molar-refractivity contribution in [3.05, 3.63) is 70.7 Å². The molecule has 0 saturated carbocycles. The van der Waals surface area contributed by atoms with Crippen molar-refractivity contribution in [1.29, 1.82) is 0 Å². The van der Waals surface area contributed by atoms with E-state index in [0.29, 0.717) is 17.2 Å². The van der Waals surface area contributed by atoms with Crippen molar-refractivity contribution in [2.75, 3.05) is 23.7 Å². The number of fused-ring (bicyclic) bond motifs is 1. The number of hydrogen-bond acceptors (Lipinski definition) is 7. The molecular formula is C24H26N4O3S. The molecule has 0 amide bonds. The van der Waals surface area contributed by atoms with E-state index in [2.05, 4.69) is 40.9 Å². The van der Waals surface area contributed by atoms with Crippen LogP contribution in [0.1, 0.15) is 35.3 Å². The Hall–Kier alpha value is -3.23. The van der Waals surface area contributed by atoms with E-state index in [-0.39, 0.29) is 17.8 Å². The summed E-state index contributed by atoms with van der Waals surface area (Å²) < 4.78 is 5.82. The van der Waals surface area contributed by atoms with Crippen LogP contribution < -0.4 is 10.6 Å². The molecule has 3 N–H and O–H groups in total. The summed E-state index contributed by atoms with van der Waals surface area (Å²) in [6.45, 7) is 5.92. The van der Waals surface area contributed by atoms with E-state index in [1.165, 1.54) is 11.3 Å². The van der Waals surface area contributed by atoms with Gasteiger partial charge in [0.05, 0.1) is 29.2 Å². The van der Waals surface area contributed by atoms with Crippen LogP contribution in [0, 0.1) is 0 Å². The Morgan fingerprint density at radius 3 is 2.56 bits per heavy atom. The maximum atomic E-state index is 11.4. The van der Waals surface area contributed by atoms with Crippen LogP contribution in [0.2, 0.25) is 0 Å². The van der Waals surface area contributed by atoms with E-state index >= 15 is 0 Å². The summed E-state index contributed by atoms with van der Waals surface area (Å²) in [5, 5.41) is 11.9. The number of aliphatic imine (C=N–C) groups is 1. The third-order valence-corrected chi connectivity index (χ3v) is 5.97. The molecule has 2 aliphatic rings. The summed E-state index contributed by atoms with van der Waals surface area (Å²) in [6.07, 6.45) is 2.75. The molecule has 0 unspecified atom stereocenters. The minimum Gasteiger partial charge on any atom is -0.478 e. The number of carboxylic acid groups (broad SMARTS) is 1. The summed E-state index contributed by atoms with van der Waals surface area (Å²) in [5.74, 6) is -0.933. The number of para-hydroxylation sites is 1. The number of carboxylic acids is 1. The van der Waals surface area contributed by atoms with Gasteiger partial charge in [-0.05, 0) is 43.2 Å². The van der Waals surface area contributed by atoms with Gasteiger partial charge in [-0.1, -0.05) is 24.3 Å². The van der Waals surface area contributed by atoms with E-state index < -0.39 is 5.97 Å². The molecule has 166 valence electrons. The predicted molar refractivity (Wildman–Crippen MR) is 128 cm³/mol. The average molecular weight is 451 g/mol. The van der Waals surface area contributed by atoms with Gasteiger partial charge in [0.15, 0.2) is 5.13 Å². The lowest BCUT2D eigenvalue weighted by Crippen LogP contribution is -2.45. The van der Waals surface area contributed by atoms with Crippen molar-refractivity contribution in [2.45, 2.75) is 32.5 Å². The molecule has 8 heteroatoms. The zero-order valence-electron chi connectivity index (χ0n) is 18.1. The van der Waals surface area contributed by atoms with Crippen molar-refractivity contribution in [3.63, 3.8) is 0 Å². The molecule has 2 aromatic carbocycles. The molecule has 0 radical (unpaired) electrons. The number of ether oxygens (including phenoxy) is 1. The molecule has 0 bridgehead atoms. The number of aromatic carboxylic acids is 1. The quantitative estimate of drug-likeness (QED) is 0.613. The summed E-state index contributed by atoms with van der Waals surface area (Å²) in [6, 6.07) is 13.7. The van der Waals surface area contributed by atoms with Crippen LogP contribution in [0.15, 0.2) is 59.0 Å². The van der Waals surface area contributed by atoms with Crippen LogP contribution >= 0.6 is 11.3 Å². The van der Waals surface area contributed by atoms with Gasteiger partial charge < -0.3 is 20.5 Å². The molecule has 7 nitrogen and oxygen atoms in total. The van der Waals surface area contributed by atoms with E-state index in [0.717, 1.165) is 35.6 Å². The van der Waals surface area contributed by atoms with Gasteiger partial charge in [-0.25, -0.2) is 9.78 Å². The Morgan fingerprint density at radius 1 is 1.19 bits per heavy atom. The largest absolute Gasteiger partial charge is 0.478 e. The highest BCUT2D eigenvalue weighted by Crippen LogP contribution is 2.33. The van der Waals surface area contributed by atoms with Gasteiger partial charge in [0, 0.05) is 36.8 Å². The molecule has 3 aromatic rings. The Balaban J connectivity index is 0.000000354. The van der Waals surface area contributed by atoms with Gasteiger partial charge in [-0.15, -0.1) is 11.3 Å². The van der Waals surface area contributed by atoms with Crippen LogP contribution in [-0.2, 0) is 11.2 Å². The van der Waals surface area contributed by atoms with Crippen LogP contribution in [0.5, 0.6) is 0 Å². The zero-order valence-corrected chi connectivity index (χ0v) is 18.9. The molecule has 2 atom stereocenters. The highest BCUT2D eigenvalue weighted by atomic mass is 32.1. The lowest BCUT2D eigenvalue weighted by atomic mass is 10.0. The van der Waals surface area contributed by atoms with Crippen molar-refractivity contribution < 1.29 is 14.6 Å². The first-order chi connectivity index (χ1) is 15.4. The lowest BCUT2D eigenvalue weighted by molar-refractivity contribution is -0.00522. The second kappa shape index (κ2) is 9.50. The Labute approximate surface area is 191 Å². The van der Waals surface area contributed by atoms with Crippen molar-refractivity contribution >= 4 is 39.5 Å². The zero-order chi connectivity index (χ0) is 22.7. The lowest BCUT2D eigenvalue weighted by Gasteiger charge is -2.37. The van der Waals surface area contributed by atoms with E-state index in [4.69, 9.17) is 10.5 Å². The Bertz CT molecular complexity index is 1120. The molecule has 1 fully saturated rings. The summed E-state index contributed by atoms with van der Waals surface area (Å²) in [4.78, 5) is 22.1. The summed E-state index contributed by atoms with van der Waals surface area (Å²) >= 11 is 1.44. The second-order valence-electron chi connectivity index (χ2n) is 7.94. The number of rotatable bonds is 3. The number of thiazole rings is 1. The Kier molecular flexibility index (Phi) is 6.53. The van der Waals surface area contributed by atoms with Gasteiger partial charge in [0.2, 0.25) is 0 Å². The number of aromatic nitrogens is 1. The fourth-order valence-electron chi connectivity index (χ4n) is 4.07. The molecule has 0 spiro atoms. The summed E-state index contributed by atoms with van der Waals surface area (Å²) in [7, 11) is 0. The van der Waals surface area contributed by atoms with Crippen LogP contribution in [0.3, 0.4) is 0 Å². The van der Waals surface area contributed by atoms with Gasteiger partial charge in [-0.3, -0.25) is 4.99 Å². The number of morpholine rings is 1. The molecule has 0 aliphatic carbocycles. The van der Waals surface area contributed by atoms with Gasteiger partial charge in [0.1, 0.15) is 0 Å². The first-order valence-electron chi connectivity index (χ1n) is 10.5. The van der Waals surface area contributed by atoms with Crippen molar-refractivity contribution in [1.82, 2.24) is 4.98 Å². The first-order valence-corrected chi connectivity index (χ1v) is 11.4. The first kappa shape index (κ1) is 22.0. The monoisotopic (exact) mass is 450 g/mol. The highest BCUT2D eigenvalue weighted by molar-refractivity contribution is 7.13. The third kappa shape index (κ3) is 4.98. The predicted octanol–water partition coefficient (Wildman–Crippen LogP) is 4.40. The highest BCUT2D eigenvalue weighted by Gasteiger charge is 2.24. The molecular weight excluding hydrogens is 424 g/mol. The standard InChI is InChI=1S/C21H22N2O3.C3H4N2S/c1-13-11-23(12-14(2)26-13)17-7-3-5-15(9-17)19-10-16-6-4-8-18(21(24)25)20(16)22-19;4-3-5-1-2-6-3/h3-9,13-14H,10-12H2,1-2H3,(H,24,25);1-2H,(H2,4,5)/t13-,14+;. The second-order valence-corrected chi connectivity index (χ2v) is 8.86. The summed E-state index contributed by atoms with van der Waals surface area (Å²) in [5.41, 5.74) is 10.1. The average Bonchev–Trinajstić information content (AvgIpc) is 3.42. The number of carbonyl (C=O) groups is 1. The minimum atomic E-state index is -0.933. The fraction of sp³-hybridized carbons (Fsp3) is 0.292. The van der Waals surface area contributed by atoms with Crippen LogP contribution in [0.4, 0.5) is 16.5 Å². The molecule has 32 heavy (non-hydrogen) atoms. The molecule has 2 aliphatic heterocycles. The van der Waals surface area contributed by atoms with Crippen molar-refractivity contribution in [2.24, 2.45) is 4.99 Å². The Morgan fingerprint density at radius 2 is 1.94 bits per heavy atom. The molecule has 1 aromatic heterocycles. The normalized spacial score (nSPS) is 19.6. The number of hydrogen-bond donors (Lipinski definition) is 2. The third-order valence-electron chi connectivity index (χ3n) is 5.37. The fourth-order valence-corrected chi connectivity index (χ4v) is 4.45. The molecule has 3 heterocycles. The number of benzene rings is 2. The maximum Gasteiger partial charge on any atom is 0.337 e. The van der Waals surface area contributed by atoms with Gasteiger partial charge in [-0.2, -0.15) is 0 Å². The maximum absolute atomic E-state index is 11.4. The van der Waals surface area contributed by atoms with Gasteiger partial charge >= 0.3 is 5.97 Å². The number of nitrogens with zero attached hydrogens (tertiary/aromatic N) is 3. The molecule has 1 saturated heterocycles. The van der Waals surface area contributed by atoms with E-state index in [1.54, 1.807) is 18.3 Å². The van der Waals surface area contributed by atoms with E-state index in [9.17, 15) is 9.90 Å². The van der Waals surface area contributed by atoms with E-state index in [1.807, 2.05) is 23.6 Å². The molecule has 5 rings (SSSR count). The number of nitrogen functional groups attached to an aromatic ring is 1. The SMILES string of the molecule is C[C@@H]1CN(c2cccc(C3=Nc4c(cccc4C(=O)O)C3)c2)C[C@H](C)O1.Nc1nccs1. The topological polar surface area (TPSA) is 101 Å². The smallest absolute Gasteiger partial charge is 0.337 e. The van der Waals surface area contributed by atoms with Crippen LogP contribution in [-0.4, -0.2) is 47.1 Å². The number of nitrogens with two attached hydrogens (primary N) is 1.